The molecular weight excluding hydrogens is 320 g/mol. The zero-order valence-electron chi connectivity index (χ0n) is 15.3. The van der Waals surface area contributed by atoms with Gasteiger partial charge in [0.2, 0.25) is 5.91 Å². The molecule has 2 N–H and O–H groups in total. The van der Waals surface area contributed by atoms with Crippen LogP contribution in [0.3, 0.4) is 0 Å². The van der Waals surface area contributed by atoms with Gasteiger partial charge >= 0.3 is 0 Å². The van der Waals surface area contributed by atoms with Gasteiger partial charge < -0.3 is 10.3 Å². The summed E-state index contributed by atoms with van der Waals surface area (Å²) >= 11 is 0. The molecular formula is C23H22N2O. The minimum atomic E-state index is -0.387. The Balaban J connectivity index is 2.07. The Morgan fingerprint density at radius 3 is 2.50 bits per heavy atom. The van der Waals surface area contributed by atoms with Crippen molar-refractivity contribution in [1.82, 2.24) is 4.57 Å². The fourth-order valence-electron chi connectivity index (χ4n) is 3.78. The van der Waals surface area contributed by atoms with Crippen LogP contribution in [-0.2, 0) is 6.54 Å². The van der Waals surface area contributed by atoms with Crippen LogP contribution in [0.4, 0.5) is 0 Å². The Hall–Kier alpha value is -3.07. The van der Waals surface area contributed by atoms with E-state index in [1.165, 1.54) is 22.3 Å². The summed E-state index contributed by atoms with van der Waals surface area (Å²) in [7, 11) is 0. The van der Waals surface area contributed by atoms with E-state index < -0.39 is 0 Å². The number of primary amides is 1. The summed E-state index contributed by atoms with van der Waals surface area (Å²) in [6, 6.07) is 18.6. The summed E-state index contributed by atoms with van der Waals surface area (Å²) in [6.07, 6.45) is 0. The molecule has 1 amide bonds. The van der Waals surface area contributed by atoms with E-state index >= 15 is 0 Å². The molecule has 1 heterocycles. The van der Waals surface area contributed by atoms with Gasteiger partial charge in [0, 0.05) is 28.4 Å². The van der Waals surface area contributed by atoms with Crippen LogP contribution in [0.2, 0.25) is 0 Å². The van der Waals surface area contributed by atoms with E-state index in [4.69, 9.17) is 5.73 Å². The van der Waals surface area contributed by atoms with Crippen LogP contribution >= 0.6 is 0 Å². The molecule has 0 aliphatic carbocycles. The molecule has 0 atom stereocenters. The minimum Gasteiger partial charge on any atom is -0.366 e. The topological polar surface area (TPSA) is 48.0 Å². The van der Waals surface area contributed by atoms with Crippen LogP contribution in [0.5, 0.6) is 0 Å². The standard InChI is InChI=1S/C23H22N2O/c1-14-10-11-18-21(12-14)25(13-17-7-4-6-15(2)16(17)3)20-9-5-8-19(22(18)20)23(24)26/h4-12H,13H2,1-3H3,(H2,24,26). The van der Waals surface area contributed by atoms with E-state index in [0.29, 0.717) is 5.56 Å². The van der Waals surface area contributed by atoms with Crippen molar-refractivity contribution >= 4 is 27.7 Å². The van der Waals surface area contributed by atoms with Gasteiger partial charge in [0.15, 0.2) is 0 Å². The molecule has 3 heteroatoms. The Morgan fingerprint density at radius 1 is 0.962 bits per heavy atom. The highest BCUT2D eigenvalue weighted by Crippen LogP contribution is 2.33. The van der Waals surface area contributed by atoms with Gasteiger partial charge in [-0.25, -0.2) is 0 Å². The van der Waals surface area contributed by atoms with Gasteiger partial charge in [0.1, 0.15) is 0 Å². The quantitative estimate of drug-likeness (QED) is 0.567. The van der Waals surface area contributed by atoms with Crippen molar-refractivity contribution in [3.63, 3.8) is 0 Å². The molecule has 4 rings (SSSR count). The summed E-state index contributed by atoms with van der Waals surface area (Å²) < 4.78 is 2.30. The van der Waals surface area contributed by atoms with E-state index in [1.54, 1.807) is 0 Å². The van der Waals surface area contributed by atoms with Crippen LogP contribution in [-0.4, -0.2) is 10.5 Å². The summed E-state index contributed by atoms with van der Waals surface area (Å²) in [4.78, 5) is 12.0. The van der Waals surface area contributed by atoms with Gasteiger partial charge in [-0.3, -0.25) is 4.79 Å². The van der Waals surface area contributed by atoms with Gasteiger partial charge in [-0.05, 0) is 61.2 Å². The van der Waals surface area contributed by atoms with Crippen molar-refractivity contribution < 1.29 is 4.79 Å². The lowest BCUT2D eigenvalue weighted by Gasteiger charge is -2.12. The smallest absolute Gasteiger partial charge is 0.249 e. The maximum Gasteiger partial charge on any atom is 0.249 e. The average molecular weight is 342 g/mol. The lowest BCUT2D eigenvalue weighted by atomic mass is 10.0. The molecule has 0 spiro atoms. The number of rotatable bonds is 3. The van der Waals surface area contributed by atoms with Crippen molar-refractivity contribution in [3.8, 4) is 0 Å². The number of carbonyl (C=O) groups is 1. The number of aryl methyl sites for hydroxylation is 2. The molecule has 0 aliphatic rings. The van der Waals surface area contributed by atoms with Crippen LogP contribution in [0.25, 0.3) is 21.8 Å². The zero-order valence-corrected chi connectivity index (χ0v) is 15.3. The first-order valence-corrected chi connectivity index (χ1v) is 8.84. The third kappa shape index (κ3) is 2.48. The number of carbonyl (C=O) groups excluding carboxylic acids is 1. The van der Waals surface area contributed by atoms with E-state index in [0.717, 1.165) is 28.4 Å². The lowest BCUT2D eigenvalue weighted by molar-refractivity contribution is 0.100. The zero-order chi connectivity index (χ0) is 18.4. The fraction of sp³-hybridized carbons (Fsp3) is 0.174. The molecule has 0 unspecified atom stereocenters. The molecule has 0 bridgehead atoms. The molecule has 0 saturated heterocycles. The summed E-state index contributed by atoms with van der Waals surface area (Å²) in [5, 5.41) is 2.02. The number of hydrogen-bond acceptors (Lipinski definition) is 1. The van der Waals surface area contributed by atoms with Gasteiger partial charge in [-0.1, -0.05) is 36.4 Å². The highest BCUT2D eigenvalue weighted by atomic mass is 16.1. The van der Waals surface area contributed by atoms with Crippen LogP contribution < -0.4 is 5.73 Å². The number of nitrogens with zero attached hydrogens (tertiary/aromatic N) is 1. The minimum absolute atomic E-state index is 0.387. The van der Waals surface area contributed by atoms with Crippen molar-refractivity contribution in [3.05, 3.63) is 82.4 Å². The van der Waals surface area contributed by atoms with Gasteiger partial charge in [0.25, 0.3) is 0 Å². The van der Waals surface area contributed by atoms with Crippen molar-refractivity contribution in [1.29, 1.82) is 0 Å². The number of benzene rings is 3. The molecule has 0 fully saturated rings. The van der Waals surface area contributed by atoms with Gasteiger partial charge in [0.05, 0.1) is 5.52 Å². The second-order valence-corrected chi connectivity index (χ2v) is 7.03. The van der Waals surface area contributed by atoms with Gasteiger partial charge in [-0.2, -0.15) is 0 Å². The van der Waals surface area contributed by atoms with E-state index in [1.807, 2.05) is 12.1 Å². The molecule has 0 saturated carbocycles. The second kappa shape index (κ2) is 6.03. The number of nitrogens with two attached hydrogens (primary N) is 1. The number of hydrogen-bond donors (Lipinski definition) is 1. The molecule has 0 aliphatic heterocycles. The molecule has 1 aromatic heterocycles. The number of fused-ring (bicyclic) bond motifs is 3. The Kier molecular flexibility index (Phi) is 3.80. The highest BCUT2D eigenvalue weighted by Gasteiger charge is 2.17. The lowest BCUT2D eigenvalue weighted by Crippen LogP contribution is -2.11. The van der Waals surface area contributed by atoms with Crippen LogP contribution in [0.1, 0.15) is 32.6 Å². The first kappa shape index (κ1) is 16.4. The average Bonchev–Trinajstić information content (AvgIpc) is 2.92. The largest absolute Gasteiger partial charge is 0.366 e. The van der Waals surface area contributed by atoms with Crippen molar-refractivity contribution in [2.45, 2.75) is 27.3 Å². The Morgan fingerprint density at radius 2 is 1.73 bits per heavy atom. The first-order valence-electron chi connectivity index (χ1n) is 8.84. The maximum absolute atomic E-state index is 12.0. The van der Waals surface area contributed by atoms with Crippen LogP contribution in [0.15, 0.2) is 54.6 Å². The predicted molar refractivity (Wildman–Crippen MR) is 108 cm³/mol. The fourth-order valence-corrected chi connectivity index (χ4v) is 3.78. The first-order chi connectivity index (χ1) is 12.5. The number of amides is 1. The summed E-state index contributed by atoms with van der Waals surface area (Å²) in [6.45, 7) is 7.16. The molecule has 4 aromatic rings. The Labute approximate surface area is 153 Å². The normalized spacial score (nSPS) is 11.3. The predicted octanol–water partition coefficient (Wildman–Crippen LogP) is 4.87. The molecule has 3 nitrogen and oxygen atoms in total. The molecule has 130 valence electrons. The van der Waals surface area contributed by atoms with Crippen molar-refractivity contribution in [2.24, 2.45) is 5.73 Å². The highest BCUT2D eigenvalue weighted by molar-refractivity contribution is 6.17. The van der Waals surface area contributed by atoms with E-state index in [-0.39, 0.29) is 5.91 Å². The third-order valence-electron chi connectivity index (χ3n) is 5.36. The summed E-state index contributed by atoms with van der Waals surface area (Å²) in [5.74, 6) is -0.387. The van der Waals surface area contributed by atoms with E-state index in [9.17, 15) is 4.79 Å². The van der Waals surface area contributed by atoms with Gasteiger partial charge in [-0.15, -0.1) is 0 Å². The monoisotopic (exact) mass is 342 g/mol. The molecule has 0 radical (unpaired) electrons. The third-order valence-corrected chi connectivity index (χ3v) is 5.36. The van der Waals surface area contributed by atoms with Crippen molar-refractivity contribution in [2.75, 3.05) is 0 Å². The molecule has 26 heavy (non-hydrogen) atoms. The second-order valence-electron chi connectivity index (χ2n) is 7.03. The summed E-state index contributed by atoms with van der Waals surface area (Å²) in [5.41, 5.74) is 13.5. The molecule has 3 aromatic carbocycles. The number of aromatic nitrogens is 1. The van der Waals surface area contributed by atoms with Crippen LogP contribution in [0, 0.1) is 20.8 Å². The van der Waals surface area contributed by atoms with E-state index in [2.05, 4.69) is 67.8 Å². The Bertz CT molecular complexity index is 1170. The maximum atomic E-state index is 12.0. The SMILES string of the molecule is Cc1ccc2c3c(C(N)=O)cccc3n(Cc3cccc(C)c3C)c2c1.